The Morgan fingerprint density at radius 1 is 1.27 bits per heavy atom. The molecule has 0 radical (unpaired) electrons. The number of nitrogens with zero attached hydrogens (tertiary/aromatic N) is 2. The Hall–Kier alpha value is -2.40. The number of hydrogen-bond acceptors (Lipinski definition) is 5. The van der Waals surface area contributed by atoms with Gasteiger partial charge in [0.15, 0.2) is 4.91 Å². The molecule has 0 amide bonds. The smallest absolute Gasteiger partial charge is 0.250 e. The molecule has 0 aliphatic carbocycles. The lowest BCUT2D eigenvalue weighted by Crippen LogP contribution is -2.30. The van der Waals surface area contributed by atoms with E-state index >= 15 is 0 Å². The third-order valence-corrected chi connectivity index (χ3v) is 5.33. The highest BCUT2D eigenvalue weighted by atomic mass is 32.2. The number of benzene rings is 2. The third-order valence-electron chi connectivity index (χ3n) is 4.00. The molecular formula is C19H23N3O3S. The van der Waals surface area contributed by atoms with Crippen molar-refractivity contribution in [3.8, 4) is 6.07 Å². The average Bonchev–Trinajstić information content (AvgIpc) is 2.63. The molecule has 0 fully saturated rings. The standard InChI is InChI=1S/C19H23N3O3S/c1-14(13-23)12-21-26(24,25)19(11-20)9-15-4-5-17-10-18(22(2)3)7-6-16(17)8-15/h4-10,14,21,23H,12-13H2,1-3H3. The molecule has 0 heterocycles. The van der Waals surface area contributed by atoms with E-state index in [0.717, 1.165) is 16.5 Å². The first-order valence-electron chi connectivity index (χ1n) is 8.20. The molecule has 138 valence electrons. The van der Waals surface area contributed by atoms with Gasteiger partial charge < -0.3 is 10.0 Å². The molecule has 0 aromatic heterocycles. The molecule has 2 aromatic carbocycles. The molecule has 0 saturated carbocycles. The minimum absolute atomic E-state index is 0.0723. The van der Waals surface area contributed by atoms with E-state index in [-0.39, 0.29) is 24.0 Å². The van der Waals surface area contributed by atoms with Crippen LogP contribution in [0.4, 0.5) is 5.69 Å². The van der Waals surface area contributed by atoms with E-state index in [4.69, 9.17) is 5.11 Å². The van der Waals surface area contributed by atoms with Crippen molar-refractivity contribution < 1.29 is 13.5 Å². The maximum atomic E-state index is 12.3. The molecule has 0 bridgehead atoms. The summed E-state index contributed by atoms with van der Waals surface area (Å²) in [5, 5.41) is 20.3. The number of hydrogen-bond donors (Lipinski definition) is 2. The van der Waals surface area contributed by atoms with Gasteiger partial charge in [-0.1, -0.05) is 25.1 Å². The van der Waals surface area contributed by atoms with Gasteiger partial charge in [-0.25, -0.2) is 13.1 Å². The van der Waals surface area contributed by atoms with Crippen molar-refractivity contribution >= 4 is 32.6 Å². The number of anilines is 1. The van der Waals surface area contributed by atoms with E-state index in [1.807, 2.05) is 49.3 Å². The third kappa shape index (κ3) is 4.82. The summed E-state index contributed by atoms with van der Waals surface area (Å²) in [6.07, 6.45) is 1.35. The fourth-order valence-corrected chi connectivity index (χ4v) is 3.41. The maximum absolute atomic E-state index is 12.3. The monoisotopic (exact) mass is 373 g/mol. The van der Waals surface area contributed by atoms with Gasteiger partial charge in [-0.3, -0.25) is 0 Å². The fourth-order valence-electron chi connectivity index (χ4n) is 2.34. The van der Waals surface area contributed by atoms with Crippen LogP contribution in [0.2, 0.25) is 0 Å². The van der Waals surface area contributed by atoms with Crippen molar-refractivity contribution in [3.63, 3.8) is 0 Å². The summed E-state index contributed by atoms with van der Waals surface area (Å²) >= 11 is 0. The molecule has 7 heteroatoms. The first-order chi connectivity index (χ1) is 12.3. The molecule has 0 saturated heterocycles. The number of sulfonamides is 1. The zero-order valence-electron chi connectivity index (χ0n) is 15.1. The van der Waals surface area contributed by atoms with Gasteiger partial charge in [-0.2, -0.15) is 5.26 Å². The molecule has 0 aliphatic heterocycles. The van der Waals surface area contributed by atoms with Gasteiger partial charge in [0.05, 0.1) is 0 Å². The van der Waals surface area contributed by atoms with Gasteiger partial charge in [0, 0.05) is 32.9 Å². The molecular weight excluding hydrogens is 350 g/mol. The Morgan fingerprint density at radius 3 is 2.54 bits per heavy atom. The number of fused-ring (bicyclic) bond motifs is 1. The van der Waals surface area contributed by atoms with Crippen molar-refractivity contribution in [3.05, 3.63) is 46.9 Å². The van der Waals surface area contributed by atoms with E-state index in [2.05, 4.69) is 4.72 Å². The lowest BCUT2D eigenvalue weighted by Gasteiger charge is -2.13. The summed E-state index contributed by atoms with van der Waals surface area (Å²) in [4.78, 5) is 1.65. The largest absolute Gasteiger partial charge is 0.396 e. The van der Waals surface area contributed by atoms with E-state index in [0.29, 0.717) is 5.56 Å². The summed E-state index contributed by atoms with van der Waals surface area (Å²) in [6.45, 7) is 1.65. The number of rotatable bonds is 7. The predicted molar refractivity (Wildman–Crippen MR) is 105 cm³/mol. The number of aliphatic hydroxyl groups is 1. The molecule has 1 atom stereocenters. The highest BCUT2D eigenvalue weighted by Gasteiger charge is 2.18. The number of aliphatic hydroxyl groups excluding tert-OH is 1. The Bertz CT molecular complexity index is 960. The lowest BCUT2D eigenvalue weighted by molar-refractivity contribution is 0.239. The van der Waals surface area contributed by atoms with Crippen molar-refractivity contribution in [2.24, 2.45) is 5.92 Å². The summed E-state index contributed by atoms with van der Waals surface area (Å²) in [5.74, 6) is -0.226. The average molecular weight is 373 g/mol. The second-order valence-electron chi connectivity index (χ2n) is 6.45. The van der Waals surface area contributed by atoms with E-state index in [9.17, 15) is 13.7 Å². The highest BCUT2D eigenvalue weighted by Crippen LogP contribution is 2.23. The van der Waals surface area contributed by atoms with Crippen molar-refractivity contribution in [1.29, 1.82) is 5.26 Å². The van der Waals surface area contributed by atoms with E-state index in [1.165, 1.54) is 6.08 Å². The molecule has 0 spiro atoms. The van der Waals surface area contributed by atoms with Gasteiger partial charge in [-0.05, 0) is 46.5 Å². The van der Waals surface area contributed by atoms with Gasteiger partial charge in [0.1, 0.15) is 6.07 Å². The summed E-state index contributed by atoms with van der Waals surface area (Å²) < 4.78 is 26.9. The van der Waals surface area contributed by atoms with Crippen LogP contribution >= 0.6 is 0 Å². The summed E-state index contributed by atoms with van der Waals surface area (Å²) in [7, 11) is 0.0157. The molecule has 26 heavy (non-hydrogen) atoms. The maximum Gasteiger partial charge on any atom is 0.250 e. The highest BCUT2D eigenvalue weighted by molar-refractivity contribution is 7.93. The fraction of sp³-hybridized carbons (Fsp3) is 0.316. The van der Waals surface area contributed by atoms with Crippen LogP contribution in [0.15, 0.2) is 41.3 Å². The minimum Gasteiger partial charge on any atom is -0.396 e. The van der Waals surface area contributed by atoms with E-state index in [1.54, 1.807) is 19.1 Å². The second-order valence-corrected chi connectivity index (χ2v) is 8.18. The number of nitriles is 1. The Morgan fingerprint density at radius 2 is 1.92 bits per heavy atom. The van der Waals surface area contributed by atoms with Gasteiger partial charge in [0.2, 0.25) is 0 Å². The second kappa shape index (κ2) is 8.32. The first kappa shape index (κ1) is 19.9. The van der Waals surface area contributed by atoms with Crippen LogP contribution in [0.1, 0.15) is 12.5 Å². The topological polar surface area (TPSA) is 93.4 Å². The van der Waals surface area contributed by atoms with Crippen LogP contribution in [-0.4, -0.2) is 40.8 Å². The molecule has 1 unspecified atom stereocenters. The molecule has 6 nitrogen and oxygen atoms in total. The molecule has 2 aromatic rings. The van der Waals surface area contributed by atoms with Crippen molar-refractivity contribution in [1.82, 2.24) is 4.72 Å². The van der Waals surface area contributed by atoms with Gasteiger partial charge in [0.25, 0.3) is 10.0 Å². The zero-order chi connectivity index (χ0) is 19.3. The zero-order valence-corrected chi connectivity index (χ0v) is 15.9. The minimum atomic E-state index is -3.91. The molecule has 0 aliphatic rings. The van der Waals surface area contributed by atoms with E-state index < -0.39 is 10.0 Å². The molecule has 2 rings (SSSR count). The van der Waals surface area contributed by atoms with Crippen LogP contribution in [0.25, 0.3) is 16.8 Å². The Labute approximate surface area is 154 Å². The van der Waals surface area contributed by atoms with Crippen LogP contribution < -0.4 is 9.62 Å². The normalized spacial score (nSPS) is 13.4. The Kier molecular flexibility index (Phi) is 6.37. The Balaban J connectivity index is 2.33. The van der Waals surface area contributed by atoms with Crippen molar-refractivity contribution in [2.45, 2.75) is 6.92 Å². The number of allylic oxidation sites excluding steroid dienone is 1. The lowest BCUT2D eigenvalue weighted by atomic mass is 10.1. The first-order valence-corrected chi connectivity index (χ1v) is 9.68. The predicted octanol–water partition coefficient (Wildman–Crippen LogP) is 2.32. The van der Waals surface area contributed by atoms with Crippen LogP contribution in [0, 0.1) is 17.2 Å². The van der Waals surface area contributed by atoms with Gasteiger partial charge >= 0.3 is 0 Å². The quantitative estimate of drug-likeness (QED) is 0.727. The van der Waals surface area contributed by atoms with Crippen LogP contribution in [0.5, 0.6) is 0 Å². The van der Waals surface area contributed by atoms with Crippen LogP contribution in [-0.2, 0) is 10.0 Å². The van der Waals surface area contributed by atoms with Crippen molar-refractivity contribution in [2.75, 3.05) is 32.1 Å². The summed E-state index contributed by atoms with van der Waals surface area (Å²) in [5.41, 5.74) is 1.70. The number of nitrogens with one attached hydrogen (secondary N) is 1. The summed E-state index contributed by atoms with van der Waals surface area (Å²) in [6, 6.07) is 13.3. The van der Waals surface area contributed by atoms with Crippen LogP contribution in [0.3, 0.4) is 0 Å². The van der Waals surface area contributed by atoms with Gasteiger partial charge in [-0.15, -0.1) is 0 Å². The molecule has 2 N–H and O–H groups in total. The SMILES string of the molecule is CC(CO)CNS(=O)(=O)C(C#N)=Cc1ccc2cc(N(C)C)ccc2c1.